The van der Waals surface area contributed by atoms with Crippen molar-refractivity contribution >= 4 is 17.6 Å². The summed E-state index contributed by atoms with van der Waals surface area (Å²) in [6, 6.07) is 12.8. The first-order valence-corrected chi connectivity index (χ1v) is 10.7. The van der Waals surface area contributed by atoms with Crippen molar-refractivity contribution in [2.24, 2.45) is 5.92 Å². The van der Waals surface area contributed by atoms with Crippen LogP contribution >= 0.6 is 0 Å². The molecule has 0 unspecified atom stereocenters. The molecule has 2 amide bonds. The van der Waals surface area contributed by atoms with Crippen LogP contribution in [0.2, 0.25) is 0 Å². The molecule has 30 heavy (non-hydrogen) atoms. The van der Waals surface area contributed by atoms with Gasteiger partial charge in [-0.1, -0.05) is 42.8 Å². The van der Waals surface area contributed by atoms with Gasteiger partial charge in [0.2, 0.25) is 5.91 Å². The van der Waals surface area contributed by atoms with Crippen LogP contribution in [0, 0.1) is 19.8 Å². The summed E-state index contributed by atoms with van der Waals surface area (Å²) in [5.41, 5.74) is 3.39. The first-order chi connectivity index (χ1) is 14.4. The molecule has 1 aliphatic heterocycles. The molecule has 0 spiro atoms. The summed E-state index contributed by atoms with van der Waals surface area (Å²) in [6.07, 6.45) is 2.21. The zero-order valence-electron chi connectivity index (χ0n) is 18.0. The Bertz CT molecular complexity index is 943. The highest BCUT2D eigenvalue weighted by molar-refractivity contribution is 6.16. The highest BCUT2D eigenvalue weighted by Gasteiger charge is 2.29. The SMILES string of the molecule is CCCNC(=O)C1CCN(C(=O)c2ccccc2C(=O)c2cc(C)ccc2C)CC1. The van der Waals surface area contributed by atoms with Crippen LogP contribution in [0.25, 0.3) is 0 Å². The highest BCUT2D eigenvalue weighted by atomic mass is 16.2. The molecule has 158 valence electrons. The van der Waals surface area contributed by atoms with E-state index in [0.29, 0.717) is 49.2 Å². The average molecular weight is 407 g/mol. The van der Waals surface area contributed by atoms with Crippen molar-refractivity contribution < 1.29 is 14.4 Å². The Morgan fingerprint density at radius 1 is 0.967 bits per heavy atom. The summed E-state index contributed by atoms with van der Waals surface area (Å²) in [5, 5.41) is 2.94. The van der Waals surface area contributed by atoms with Gasteiger partial charge in [0, 0.05) is 36.7 Å². The number of piperidine rings is 1. The van der Waals surface area contributed by atoms with Crippen molar-refractivity contribution in [3.8, 4) is 0 Å². The zero-order chi connectivity index (χ0) is 21.7. The summed E-state index contributed by atoms with van der Waals surface area (Å²) in [4.78, 5) is 40.4. The van der Waals surface area contributed by atoms with E-state index in [4.69, 9.17) is 0 Å². The third-order valence-corrected chi connectivity index (χ3v) is 5.74. The van der Waals surface area contributed by atoms with Gasteiger partial charge in [-0.3, -0.25) is 14.4 Å². The maximum Gasteiger partial charge on any atom is 0.254 e. The van der Waals surface area contributed by atoms with E-state index in [1.165, 1.54) is 0 Å². The van der Waals surface area contributed by atoms with E-state index in [1.54, 1.807) is 29.2 Å². The molecule has 0 saturated carbocycles. The van der Waals surface area contributed by atoms with Gasteiger partial charge in [0.25, 0.3) is 5.91 Å². The Morgan fingerprint density at radius 3 is 2.30 bits per heavy atom. The molecule has 0 radical (unpaired) electrons. The smallest absolute Gasteiger partial charge is 0.254 e. The van der Waals surface area contributed by atoms with E-state index in [-0.39, 0.29) is 23.5 Å². The van der Waals surface area contributed by atoms with Crippen molar-refractivity contribution in [2.45, 2.75) is 40.0 Å². The summed E-state index contributed by atoms with van der Waals surface area (Å²) in [7, 11) is 0. The lowest BCUT2D eigenvalue weighted by atomic mass is 9.92. The van der Waals surface area contributed by atoms with E-state index in [2.05, 4.69) is 5.32 Å². The van der Waals surface area contributed by atoms with Gasteiger partial charge in [0.1, 0.15) is 0 Å². The number of benzene rings is 2. The number of carbonyl (C=O) groups excluding carboxylic acids is 3. The Hall–Kier alpha value is -2.95. The number of amides is 2. The quantitative estimate of drug-likeness (QED) is 0.740. The van der Waals surface area contributed by atoms with Gasteiger partial charge in [0.15, 0.2) is 5.78 Å². The molecule has 0 aromatic heterocycles. The molecule has 3 rings (SSSR count). The van der Waals surface area contributed by atoms with Crippen LogP contribution in [-0.4, -0.2) is 42.1 Å². The summed E-state index contributed by atoms with van der Waals surface area (Å²) < 4.78 is 0. The fraction of sp³-hybridized carbons (Fsp3) is 0.400. The average Bonchev–Trinajstić information content (AvgIpc) is 2.78. The van der Waals surface area contributed by atoms with Crippen molar-refractivity contribution in [3.63, 3.8) is 0 Å². The molecule has 0 bridgehead atoms. The van der Waals surface area contributed by atoms with Crippen LogP contribution in [0.1, 0.15) is 63.6 Å². The largest absolute Gasteiger partial charge is 0.356 e. The van der Waals surface area contributed by atoms with Gasteiger partial charge in [0.05, 0.1) is 5.56 Å². The maximum absolute atomic E-state index is 13.2. The maximum atomic E-state index is 13.2. The molecule has 1 saturated heterocycles. The first-order valence-electron chi connectivity index (χ1n) is 10.7. The summed E-state index contributed by atoms with van der Waals surface area (Å²) >= 11 is 0. The van der Waals surface area contributed by atoms with Gasteiger partial charge in [-0.2, -0.15) is 0 Å². The molecule has 0 aliphatic carbocycles. The third kappa shape index (κ3) is 4.78. The molecule has 2 aromatic rings. The molecule has 5 nitrogen and oxygen atoms in total. The summed E-state index contributed by atoms with van der Waals surface area (Å²) in [5.74, 6) is -0.243. The van der Waals surface area contributed by atoms with E-state index in [9.17, 15) is 14.4 Å². The minimum absolute atomic E-state index is 0.0487. The number of carbonyl (C=O) groups is 3. The van der Waals surface area contributed by atoms with Gasteiger partial charge in [-0.05, 0) is 50.8 Å². The van der Waals surface area contributed by atoms with Gasteiger partial charge < -0.3 is 10.2 Å². The fourth-order valence-electron chi connectivity index (χ4n) is 3.90. The van der Waals surface area contributed by atoms with Crippen LogP contribution in [0.15, 0.2) is 42.5 Å². The topological polar surface area (TPSA) is 66.5 Å². The minimum Gasteiger partial charge on any atom is -0.356 e. The Kier molecular flexibility index (Phi) is 7.03. The number of nitrogens with zero attached hydrogens (tertiary/aromatic N) is 1. The standard InChI is InChI=1S/C25H30N2O3/c1-4-13-26-24(29)19-11-14-27(15-12-19)25(30)21-8-6-5-7-20(21)23(28)22-16-17(2)9-10-18(22)3/h5-10,16,19H,4,11-15H2,1-3H3,(H,26,29). The predicted octanol–water partition coefficient (Wildman–Crippen LogP) is 3.91. The van der Waals surface area contributed by atoms with Crippen molar-refractivity contribution in [2.75, 3.05) is 19.6 Å². The Balaban J connectivity index is 1.76. The normalized spacial score (nSPS) is 14.4. The lowest BCUT2D eigenvalue weighted by Gasteiger charge is -2.31. The molecule has 1 N–H and O–H groups in total. The van der Waals surface area contributed by atoms with E-state index in [1.807, 2.05) is 39.0 Å². The monoisotopic (exact) mass is 406 g/mol. The fourth-order valence-corrected chi connectivity index (χ4v) is 3.90. The van der Waals surface area contributed by atoms with Crippen molar-refractivity contribution in [1.29, 1.82) is 0 Å². The number of likely N-dealkylation sites (tertiary alicyclic amines) is 1. The van der Waals surface area contributed by atoms with E-state index < -0.39 is 0 Å². The lowest BCUT2D eigenvalue weighted by Crippen LogP contribution is -2.43. The number of aryl methyl sites for hydroxylation is 2. The van der Waals surface area contributed by atoms with Crippen molar-refractivity contribution in [1.82, 2.24) is 10.2 Å². The van der Waals surface area contributed by atoms with Crippen molar-refractivity contribution in [3.05, 3.63) is 70.3 Å². The molecule has 5 heteroatoms. The van der Waals surface area contributed by atoms with Crippen LogP contribution in [0.4, 0.5) is 0 Å². The van der Waals surface area contributed by atoms with Crippen LogP contribution in [-0.2, 0) is 4.79 Å². The zero-order valence-corrected chi connectivity index (χ0v) is 18.0. The van der Waals surface area contributed by atoms with Crippen LogP contribution < -0.4 is 5.32 Å². The van der Waals surface area contributed by atoms with Gasteiger partial charge >= 0.3 is 0 Å². The molecule has 2 aromatic carbocycles. The molecule has 1 heterocycles. The molecule has 0 atom stereocenters. The van der Waals surface area contributed by atoms with Crippen LogP contribution in [0.3, 0.4) is 0 Å². The summed E-state index contributed by atoms with van der Waals surface area (Å²) in [6.45, 7) is 7.62. The van der Waals surface area contributed by atoms with Crippen LogP contribution in [0.5, 0.6) is 0 Å². The molecular weight excluding hydrogens is 376 g/mol. The first kappa shape index (κ1) is 21.8. The lowest BCUT2D eigenvalue weighted by molar-refractivity contribution is -0.126. The minimum atomic E-state index is -0.142. The molecular formula is C25H30N2O3. The second-order valence-electron chi connectivity index (χ2n) is 8.05. The molecule has 1 aliphatic rings. The molecule has 1 fully saturated rings. The number of rotatable bonds is 6. The second-order valence-corrected chi connectivity index (χ2v) is 8.05. The van der Waals surface area contributed by atoms with Gasteiger partial charge in [-0.25, -0.2) is 0 Å². The number of hydrogen-bond donors (Lipinski definition) is 1. The van der Waals surface area contributed by atoms with E-state index >= 15 is 0 Å². The predicted molar refractivity (Wildman–Crippen MR) is 118 cm³/mol. The Labute approximate surface area is 178 Å². The van der Waals surface area contributed by atoms with Gasteiger partial charge in [-0.15, -0.1) is 0 Å². The number of nitrogens with one attached hydrogen (secondary N) is 1. The second kappa shape index (κ2) is 9.70. The number of hydrogen-bond acceptors (Lipinski definition) is 3. The third-order valence-electron chi connectivity index (χ3n) is 5.74. The Morgan fingerprint density at radius 2 is 1.63 bits per heavy atom. The number of ketones is 1. The van der Waals surface area contributed by atoms with E-state index in [0.717, 1.165) is 17.5 Å². The highest BCUT2D eigenvalue weighted by Crippen LogP contribution is 2.23.